The van der Waals surface area contributed by atoms with Gasteiger partial charge < -0.3 is 14.2 Å². The van der Waals surface area contributed by atoms with Crippen LogP contribution in [0.25, 0.3) is 11.4 Å². The fraction of sp³-hybridized carbons (Fsp3) is 0.609. The van der Waals surface area contributed by atoms with Crippen LogP contribution in [0.2, 0.25) is 0 Å². The second-order valence-electron chi connectivity index (χ2n) is 9.18. The molecule has 0 saturated heterocycles. The number of esters is 2. The summed E-state index contributed by atoms with van der Waals surface area (Å²) in [6.45, 7) is 7.35. The van der Waals surface area contributed by atoms with E-state index in [1.54, 1.807) is 11.7 Å². The van der Waals surface area contributed by atoms with E-state index in [9.17, 15) is 9.59 Å². The van der Waals surface area contributed by atoms with Crippen LogP contribution in [0.1, 0.15) is 57.8 Å². The molecule has 2 aromatic rings. The van der Waals surface area contributed by atoms with Gasteiger partial charge in [-0.25, -0.2) is 4.98 Å². The van der Waals surface area contributed by atoms with Crippen molar-refractivity contribution in [1.29, 1.82) is 0 Å². The Kier molecular flexibility index (Phi) is 7.16. The lowest BCUT2D eigenvalue weighted by atomic mass is 9.87. The number of carbonyl (C=O) groups excluding carboxylic acids is 2. The number of nitrogens with zero attached hydrogens (tertiary/aromatic N) is 4. The van der Waals surface area contributed by atoms with Crippen molar-refractivity contribution in [3.8, 4) is 17.1 Å². The molecule has 0 amide bonds. The standard InChI is InChI=1S/C23H32N4O5/c1-14-19(31-16-9-7-8-15(12-16)22(29)30-6)11-10-17(24-14)21-18(27(5)26-25-21)13-20(28)32-23(2,3)4/h10-11,15-16H,7-9,12-13H2,1-6H3/t15-,16-/m0/s1. The lowest BCUT2D eigenvalue weighted by Gasteiger charge is -2.28. The van der Waals surface area contributed by atoms with Gasteiger partial charge in [-0.1, -0.05) is 5.21 Å². The molecule has 0 N–H and O–H groups in total. The molecule has 1 saturated carbocycles. The maximum Gasteiger partial charge on any atom is 0.312 e. The zero-order valence-corrected chi connectivity index (χ0v) is 19.7. The molecule has 174 valence electrons. The number of hydrogen-bond donors (Lipinski definition) is 0. The van der Waals surface area contributed by atoms with E-state index in [0.29, 0.717) is 34.9 Å². The lowest BCUT2D eigenvalue weighted by Crippen LogP contribution is -2.30. The summed E-state index contributed by atoms with van der Waals surface area (Å²) in [7, 11) is 3.16. The Bertz CT molecular complexity index is 979. The van der Waals surface area contributed by atoms with Crippen LogP contribution in [0.4, 0.5) is 0 Å². The maximum absolute atomic E-state index is 12.3. The van der Waals surface area contributed by atoms with Gasteiger partial charge in [-0.05, 0) is 65.5 Å². The van der Waals surface area contributed by atoms with Crippen LogP contribution in [0.3, 0.4) is 0 Å². The van der Waals surface area contributed by atoms with Crippen LogP contribution in [0.5, 0.6) is 5.75 Å². The number of aryl methyl sites for hydroxylation is 2. The van der Waals surface area contributed by atoms with E-state index in [1.807, 2.05) is 39.8 Å². The number of methoxy groups -OCH3 is 1. The Labute approximate surface area is 188 Å². The van der Waals surface area contributed by atoms with Crippen LogP contribution in [0.15, 0.2) is 12.1 Å². The Balaban J connectivity index is 1.74. The quantitative estimate of drug-likeness (QED) is 0.626. The first-order valence-corrected chi connectivity index (χ1v) is 10.9. The van der Waals surface area contributed by atoms with E-state index in [4.69, 9.17) is 14.2 Å². The van der Waals surface area contributed by atoms with Crippen LogP contribution in [0, 0.1) is 12.8 Å². The molecule has 0 aromatic carbocycles. The molecular weight excluding hydrogens is 412 g/mol. The van der Waals surface area contributed by atoms with Gasteiger partial charge in [0.25, 0.3) is 0 Å². The molecule has 1 fully saturated rings. The Morgan fingerprint density at radius 3 is 2.62 bits per heavy atom. The predicted octanol–water partition coefficient (Wildman–Crippen LogP) is 3.18. The highest BCUT2D eigenvalue weighted by Crippen LogP contribution is 2.31. The van der Waals surface area contributed by atoms with Gasteiger partial charge in [0.2, 0.25) is 0 Å². The zero-order chi connectivity index (χ0) is 23.5. The number of carbonyl (C=O) groups is 2. The van der Waals surface area contributed by atoms with Crippen molar-refractivity contribution in [3.63, 3.8) is 0 Å². The van der Waals surface area contributed by atoms with Crippen LogP contribution in [-0.4, -0.2) is 50.7 Å². The number of ether oxygens (including phenoxy) is 3. The van der Waals surface area contributed by atoms with E-state index in [0.717, 1.165) is 19.3 Å². The summed E-state index contributed by atoms with van der Waals surface area (Å²) in [6.07, 6.45) is 3.26. The molecule has 2 atom stereocenters. The van der Waals surface area contributed by atoms with Gasteiger partial charge >= 0.3 is 11.9 Å². The maximum atomic E-state index is 12.3. The summed E-state index contributed by atoms with van der Waals surface area (Å²) < 4.78 is 18.1. The molecule has 0 aliphatic heterocycles. The monoisotopic (exact) mass is 444 g/mol. The zero-order valence-electron chi connectivity index (χ0n) is 19.7. The minimum Gasteiger partial charge on any atom is -0.489 e. The highest BCUT2D eigenvalue weighted by Gasteiger charge is 2.29. The topological polar surface area (TPSA) is 105 Å². The molecule has 1 aliphatic carbocycles. The molecule has 9 nitrogen and oxygen atoms in total. The first kappa shape index (κ1) is 23.7. The van der Waals surface area contributed by atoms with Crippen molar-refractivity contribution >= 4 is 11.9 Å². The highest BCUT2D eigenvalue weighted by atomic mass is 16.6. The van der Waals surface area contributed by atoms with Crippen LogP contribution in [-0.2, 0) is 32.5 Å². The number of rotatable bonds is 6. The van der Waals surface area contributed by atoms with Gasteiger partial charge in [0.05, 0.1) is 42.6 Å². The average Bonchev–Trinajstić information content (AvgIpc) is 3.08. The molecule has 1 aliphatic rings. The summed E-state index contributed by atoms with van der Waals surface area (Å²) in [4.78, 5) is 28.9. The summed E-state index contributed by atoms with van der Waals surface area (Å²) in [5, 5.41) is 8.28. The summed E-state index contributed by atoms with van der Waals surface area (Å²) in [5.74, 6) is 0.0186. The Hall–Kier alpha value is -2.97. The van der Waals surface area contributed by atoms with Gasteiger partial charge in [-0.15, -0.1) is 5.10 Å². The molecule has 0 spiro atoms. The van der Waals surface area contributed by atoms with Crippen molar-refractivity contribution in [1.82, 2.24) is 20.0 Å². The Morgan fingerprint density at radius 2 is 1.97 bits per heavy atom. The number of aromatic nitrogens is 4. The molecule has 3 rings (SSSR count). The average molecular weight is 445 g/mol. The molecule has 2 aromatic heterocycles. The van der Waals surface area contributed by atoms with E-state index >= 15 is 0 Å². The van der Waals surface area contributed by atoms with Gasteiger partial charge in [-0.3, -0.25) is 14.3 Å². The normalized spacial score (nSPS) is 18.8. The first-order valence-electron chi connectivity index (χ1n) is 10.9. The largest absolute Gasteiger partial charge is 0.489 e. The first-order chi connectivity index (χ1) is 15.1. The van der Waals surface area contributed by atoms with E-state index in [1.165, 1.54) is 7.11 Å². The van der Waals surface area contributed by atoms with E-state index in [2.05, 4.69) is 15.3 Å². The predicted molar refractivity (Wildman–Crippen MR) is 117 cm³/mol. The second kappa shape index (κ2) is 9.67. The van der Waals surface area contributed by atoms with Crippen molar-refractivity contribution in [2.24, 2.45) is 13.0 Å². The minimum atomic E-state index is -0.566. The smallest absolute Gasteiger partial charge is 0.312 e. The van der Waals surface area contributed by atoms with Gasteiger partial charge in [-0.2, -0.15) is 0 Å². The third-order valence-electron chi connectivity index (χ3n) is 5.41. The highest BCUT2D eigenvalue weighted by molar-refractivity contribution is 5.75. The number of pyridine rings is 1. The molecular formula is C23H32N4O5. The van der Waals surface area contributed by atoms with Gasteiger partial charge in [0.1, 0.15) is 17.0 Å². The van der Waals surface area contributed by atoms with Crippen molar-refractivity contribution in [3.05, 3.63) is 23.5 Å². The summed E-state index contributed by atoms with van der Waals surface area (Å²) in [6, 6.07) is 3.66. The van der Waals surface area contributed by atoms with Crippen molar-refractivity contribution in [2.45, 2.75) is 71.5 Å². The summed E-state index contributed by atoms with van der Waals surface area (Å²) in [5.41, 5.74) is 1.92. The molecule has 0 unspecified atom stereocenters. The molecule has 0 radical (unpaired) electrons. The third-order valence-corrected chi connectivity index (χ3v) is 5.41. The van der Waals surface area contributed by atoms with Crippen molar-refractivity contribution < 1.29 is 23.8 Å². The molecule has 32 heavy (non-hydrogen) atoms. The summed E-state index contributed by atoms with van der Waals surface area (Å²) >= 11 is 0. The van der Waals surface area contributed by atoms with Gasteiger partial charge in [0.15, 0.2) is 0 Å². The fourth-order valence-electron chi connectivity index (χ4n) is 3.91. The van der Waals surface area contributed by atoms with Crippen molar-refractivity contribution in [2.75, 3.05) is 7.11 Å². The molecule has 0 bridgehead atoms. The van der Waals surface area contributed by atoms with Crippen LogP contribution < -0.4 is 4.74 Å². The second-order valence-corrected chi connectivity index (χ2v) is 9.18. The number of hydrogen-bond acceptors (Lipinski definition) is 8. The van der Waals surface area contributed by atoms with E-state index < -0.39 is 5.60 Å². The van der Waals surface area contributed by atoms with E-state index in [-0.39, 0.29) is 30.4 Å². The van der Waals surface area contributed by atoms with Crippen LogP contribution >= 0.6 is 0 Å². The third kappa shape index (κ3) is 5.83. The Morgan fingerprint density at radius 1 is 1.22 bits per heavy atom. The van der Waals surface area contributed by atoms with Gasteiger partial charge in [0, 0.05) is 7.05 Å². The molecule has 9 heteroatoms. The SMILES string of the molecule is COC(=O)[C@H]1CCC[C@H](Oc2ccc(-c3nnn(C)c3CC(=O)OC(C)(C)C)nc2C)C1. The molecule has 2 heterocycles. The fourth-order valence-corrected chi connectivity index (χ4v) is 3.91. The minimum absolute atomic E-state index is 0.0477. The lowest BCUT2D eigenvalue weighted by molar-refractivity contribution is -0.154.